The molecule has 4 N–H and O–H groups in total. The molecule has 286 valence electrons. The number of nitrogens with zero attached hydrogens (tertiary/aromatic N) is 2. The number of carbonyl (C=O) groups excluding carboxylic acids is 2. The minimum absolute atomic E-state index is 0.0443. The van der Waals surface area contributed by atoms with Gasteiger partial charge in [0.25, 0.3) is 5.91 Å². The SMILES string of the molecule is COc1c(CN2O[C@@H](CO)[C@@H]([C@H](C)O)[C@H]2C(=O)N[C@@H]2C[C@H]3C[C@@H]([C@@H]2C)C3(C)C)cccc1-c1cccc(C(=O)N[C@H](Cc2ccccc2)CN(C)C)c1. The van der Waals surface area contributed by atoms with Gasteiger partial charge in [0.05, 0.1) is 26.4 Å². The van der Waals surface area contributed by atoms with E-state index in [9.17, 15) is 19.8 Å². The lowest BCUT2D eigenvalue weighted by Crippen LogP contribution is -2.62. The van der Waals surface area contributed by atoms with Crippen LogP contribution in [0.1, 0.15) is 62.0 Å². The Bertz CT molecular complexity index is 1730. The van der Waals surface area contributed by atoms with Crippen LogP contribution in [0.4, 0.5) is 0 Å². The summed E-state index contributed by atoms with van der Waals surface area (Å²) in [6.45, 7) is 9.10. The van der Waals surface area contributed by atoms with E-state index in [4.69, 9.17) is 9.57 Å². The number of fused-ring (bicyclic) bond motifs is 2. The van der Waals surface area contributed by atoms with Gasteiger partial charge in [0.15, 0.2) is 0 Å². The number of aliphatic hydroxyl groups is 2. The molecule has 9 atom stereocenters. The molecule has 2 bridgehead atoms. The van der Waals surface area contributed by atoms with Crippen LogP contribution >= 0.6 is 0 Å². The zero-order chi connectivity index (χ0) is 38.0. The molecule has 4 fully saturated rings. The number of methoxy groups -OCH3 is 1. The summed E-state index contributed by atoms with van der Waals surface area (Å²) >= 11 is 0. The zero-order valence-corrected chi connectivity index (χ0v) is 32.3. The summed E-state index contributed by atoms with van der Waals surface area (Å²) in [5.41, 5.74) is 4.35. The zero-order valence-electron chi connectivity index (χ0n) is 32.3. The highest BCUT2D eigenvalue weighted by molar-refractivity contribution is 5.96. The molecule has 3 aliphatic carbocycles. The first-order chi connectivity index (χ1) is 25.3. The van der Waals surface area contributed by atoms with Gasteiger partial charge in [-0.15, -0.1) is 0 Å². The molecule has 3 saturated carbocycles. The van der Waals surface area contributed by atoms with Gasteiger partial charge in [0, 0.05) is 41.2 Å². The summed E-state index contributed by atoms with van der Waals surface area (Å²) in [4.78, 5) is 36.2. The van der Waals surface area contributed by atoms with Gasteiger partial charge in [0.2, 0.25) is 5.91 Å². The molecule has 0 spiro atoms. The molecule has 1 aliphatic heterocycles. The second-order valence-corrected chi connectivity index (χ2v) is 16.4. The minimum Gasteiger partial charge on any atom is -0.496 e. The van der Waals surface area contributed by atoms with Crippen LogP contribution in [-0.2, 0) is 22.6 Å². The number of rotatable bonds is 14. The molecule has 3 aromatic rings. The number of carbonyl (C=O) groups is 2. The number of nitrogens with one attached hydrogen (secondary N) is 2. The number of benzene rings is 3. The van der Waals surface area contributed by atoms with Crippen LogP contribution in [0.25, 0.3) is 11.1 Å². The first kappa shape index (κ1) is 38.9. The summed E-state index contributed by atoms with van der Waals surface area (Å²) in [5, 5.41) is 29.4. The molecule has 0 unspecified atom stereocenters. The average molecular weight is 727 g/mol. The molecule has 1 heterocycles. The van der Waals surface area contributed by atoms with Crippen LogP contribution in [0.5, 0.6) is 5.75 Å². The van der Waals surface area contributed by atoms with Crippen molar-refractivity contribution < 1.29 is 29.4 Å². The van der Waals surface area contributed by atoms with Crippen molar-refractivity contribution in [3.8, 4) is 16.9 Å². The highest BCUT2D eigenvalue weighted by Crippen LogP contribution is 2.61. The third-order valence-corrected chi connectivity index (χ3v) is 12.4. The van der Waals surface area contributed by atoms with E-state index in [0.29, 0.717) is 42.0 Å². The van der Waals surface area contributed by atoms with Gasteiger partial charge >= 0.3 is 0 Å². The summed E-state index contributed by atoms with van der Waals surface area (Å²) in [7, 11) is 5.61. The fourth-order valence-corrected chi connectivity index (χ4v) is 9.43. The van der Waals surface area contributed by atoms with E-state index in [-0.39, 0.29) is 42.5 Å². The number of likely N-dealkylation sites (N-methyl/N-ethyl adjacent to an activating group) is 1. The number of aliphatic hydroxyl groups excluding tert-OH is 2. The molecule has 10 nitrogen and oxygen atoms in total. The second-order valence-electron chi connectivity index (χ2n) is 16.4. The van der Waals surface area contributed by atoms with Crippen molar-refractivity contribution in [3.05, 3.63) is 89.5 Å². The van der Waals surface area contributed by atoms with Crippen LogP contribution in [0.15, 0.2) is 72.8 Å². The highest BCUT2D eigenvalue weighted by Gasteiger charge is 2.57. The summed E-state index contributed by atoms with van der Waals surface area (Å²) < 4.78 is 6.02. The Morgan fingerprint density at radius 2 is 1.79 bits per heavy atom. The van der Waals surface area contributed by atoms with E-state index in [2.05, 4.69) is 48.4 Å². The smallest absolute Gasteiger partial charge is 0.251 e. The molecule has 4 aliphatic rings. The maximum Gasteiger partial charge on any atom is 0.251 e. The molecule has 0 aromatic heterocycles. The summed E-state index contributed by atoms with van der Waals surface area (Å²) in [5.74, 6) is 1.08. The van der Waals surface area contributed by atoms with Crippen molar-refractivity contribution in [2.45, 2.75) is 83.8 Å². The summed E-state index contributed by atoms with van der Waals surface area (Å²) in [6, 6.07) is 22.6. The van der Waals surface area contributed by atoms with Crippen molar-refractivity contribution >= 4 is 11.8 Å². The second kappa shape index (κ2) is 16.3. The van der Waals surface area contributed by atoms with E-state index in [1.54, 1.807) is 19.1 Å². The van der Waals surface area contributed by atoms with Crippen molar-refractivity contribution in [2.24, 2.45) is 29.1 Å². The van der Waals surface area contributed by atoms with Gasteiger partial charge in [-0.25, -0.2) is 0 Å². The fourth-order valence-electron chi connectivity index (χ4n) is 9.43. The van der Waals surface area contributed by atoms with Crippen LogP contribution in [-0.4, -0.2) is 96.7 Å². The molecule has 1 saturated heterocycles. The van der Waals surface area contributed by atoms with Crippen LogP contribution in [0.3, 0.4) is 0 Å². The predicted molar refractivity (Wildman–Crippen MR) is 206 cm³/mol. The largest absolute Gasteiger partial charge is 0.496 e. The van der Waals surface area contributed by atoms with Gasteiger partial charge < -0.3 is 30.5 Å². The first-order valence-electron chi connectivity index (χ1n) is 19.1. The fraction of sp³-hybridized carbons (Fsp3) is 0.535. The predicted octanol–water partition coefficient (Wildman–Crippen LogP) is 4.93. The van der Waals surface area contributed by atoms with E-state index in [1.165, 1.54) is 6.42 Å². The van der Waals surface area contributed by atoms with Gasteiger partial charge in [-0.1, -0.05) is 81.4 Å². The summed E-state index contributed by atoms with van der Waals surface area (Å²) in [6.07, 6.45) is 1.21. The monoisotopic (exact) mass is 726 g/mol. The molecule has 3 aromatic carbocycles. The van der Waals surface area contributed by atoms with Gasteiger partial charge in [-0.05, 0) is 86.7 Å². The first-order valence-corrected chi connectivity index (χ1v) is 19.1. The van der Waals surface area contributed by atoms with E-state index >= 15 is 0 Å². The Kier molecular flexibility index (Phi) is 12.0. The maximum atomic E-state index is 14.2. The lowest BCUT2D eigenvalue weighted by atomic mass is 9.45. The maximum absolute atomic E-state index is 14.2. The van der Waals surface area contributed by atoms with Crippen molar-refractivity contribution in [2.75, 3.05) is 34.4 Å². The Balaban J connectivity index is 1.23. The Labute approximate surface area is 314 Å². The molecule has 10 heteroatoms. The molecular formula is C43H58N4O6. The highest BCUT2D eigenvalue weighted by atomic mass is 16.7. The number of para-hydroxylation sites is 1. The van der Waals surface area contributed by atoms with Crippen molar-refractivity contribution in [3.63, 3.8) is 0 Å². The lowest BCUT2D eigenvalue weighted by Gasteiger charge is -2.62. The van der Waals surface area contributed by atoms with Crippen LogP contribution in [0, 0.1) is 29.1 Å². The molecular weight excluding hydrogens is 668 g/mol. The number of hydroxylamine groups is 2. The number of ether oxygens (including phenoxy) is 1. The Hall–Kier alpha value is -3.80. The number of hydrogen-bond donors (Lipinski definition) is 4. The van der Waals surface area contributed by atoms with Crippen molar-refractivity contribution in [1.29, 1.82) is 0 Å². The van der Waals surface area contributed by atoms with Crippen LogP contribution in [0.2, 0.25) is 0 Å². The normalized spacial score (nSPS) is 27.5. The van der Waals surface area contributed by atoms with E-state index < -0.39 is 24.2 Å². The number of hydrogen-bond acceptors (Lipinski definition) is 8. The Morgan fingerprint density at radius 3 is 2.43 bits per heavy atom. The molecule has 0 radical (unpaired) electrons. The van der Waals surface area contributed by atoms with Crippen molar-refractivity contribution in [1.82, 2.24) is 20.6 Å². The van der Waals surface area contributed by atoms with Gasteiger partial charge in [0.1, 0.15) is 17.9 Å². The minimum atomic E-state index is -0.892. The van der Waals surface area contributed by atoms with E-state index in [0.717, 1.165) is 28.7 Å². The molecule has 53 heavy (non-hydrogen) atoms. The molecule has 2 amide bonds. The lowest BCUT2D eigenvalue weighted by molar-refractivity contribution is -0.183. The Morgan fingerprint density at radius 1 is 1.06 bits per heavy atom. The van der Waals surface area contributed by atoms with E-state index in [1.807, 2.05) is 74.8 Å². The van der Waals surface area contributed by atoms with Crippen LogP contribution < -0.4 is 15.4 Å². The standard InChI is InChI=1S/C43H58N4O6/c1-26-35-21-32(43(35,3)4)22-36(26)45-42(51)39-38(27(2)49)37(25-48)53-47(39)23-31-17-12-18-34(40(31)52-7)29-15-11-16-30(20-29)41(50)44-33(24-46(5)6)19-28-13-9-8-10-14-28/h8-18,20,26-27,32-33,35-39,48-49H,19,21-25H2,1-7H3,(H,44,50)(H,45,51)/t26-,27-,32+,33+,35-,36+,37-,38+,39-/m0/s1. The quantitative estimate of drug-likeness (QED) is 0.185. The average Bonchev–Trinajstić information content (AvgIpc) is 3.51. The third kappa shape index (κ3) is 8.17. The number of amides is 2. The topological polar surface area (TPSA) is 124 Å². The van der Waals surface area contributed by atoms with Gasteiger partial charge in [-0.2, -0.15) is 5.06 Å². The third-order valence-electron chi connectivity index (χ3n) is 12.4. The molecule has 7 rings (SSSR count). The van der Waals surface area contributed by atoms with Gasteiger partial charge in [-0.3, -0.25) is 14.4 Å².